The maximum atomic E-state index is 12.1. The Balaban J connectivity index is 1.57. The van der Waals surface area contributed by atoms with Crippen LogP contribution in [-0.4, -0.2) is 31.2 Å². The monoisotopic (exact) mass is 340 g/mol. The molecule has 1 unspecified atom stereocenters. The molecule has 0 saturated carbocycles. The molecule has 0 aromatic carbocycles. The van der Waals surface area contributed by atoms with E-state index in [2.05, 4.69) is 30.6 Å². The van der Waals surface area contributed by atoms with E-state index in [1.165, 1.54) is 0 Å². The van der Waals surface area contributed by atoms with Gasteiger partial charge in [-0.05, 0) is 38.5 Å². The molecule has 3 rings (SSSR count). The Bertz CT molecular complexity index is 855. The third-order valence-electron chi connectivity index (χ3n) is 4.07. The fourth-order valence-corrected chi connectivity index (χ4v) is 2.42. The zero-order valence-electron chi connectivity index (χ0n) is 14.4. The quantitative estimate of drug-likeness (QED) is 0.712. The number of aromatic nitrogens is 5. The zero-order chi connectivity index (χ0) is 17.8. The van der Waals surface area contributed by atoms with Gasteiger partial charge >= 0.3 is 0 Å². The summed E-state index contributed by atoms with van der Waals surface area (Å²) >= 11 is 0. The second-order valence-corrected chi connectivity index (χ2v) is 5.90. The molecule has 130 valence electrons. The average molecular weight is 340 g/mol. The van der Waals surface area contributed by atoms with Gasteiger partial charge in [0.15, 0.2) is 0 Å². The Morgan fingerprint density at radius 2 is 2.08 bits per heavy atom. The van der Waals surface area contributed by atoms with E-state index in [-0.39, 0.29) is 11.9 Å². The summed E-state index contributed by atoms with van der Waals surface area (Å²) in [6, 6.07) is 3.23. The summed E-state index contributed by atoms with van der Waals surface area (Å²) in [6.45, 7) is 5.77. The first-order valence-electron chi connectivity index (χ1n) is 8.08. The number of rotatable bonds is 6. The molecule has 3 aromatic rings. The summed E-state index contributed by atoms with van der Waals surface area (Å²) in [5.41, 5.74) is 3.85. The highest BCUT2D eigenvalue weighted by Crippen LogP contribution is 2.18. The smallest absolute Gasteiger partial charge is 0.249 e. The number of nitrogens with one attached hydrogen (secondary N) is 2. The van der Waals surface area contributed by atoms with Crippen LogP contribution in [0.25, 0.3) is 11.4 Å². The summed E-state index contributed by atoms with van der Waals surface area (Å²) in [5, 5.41) is 14.0. The molecule has 3 aromatic heterocycles. The normalized spacial score (nSPS) is 12.1. The van der Waals surface area contributed by atoms with Crippen molar-refractivity contribution in [2.45, 2.75) is 39.7 Å². The SMILES string of the molecule is Cc1[nH]nc(CCC(=O)NC(C)c2nc(-c3ccncc3)no2)c1C. The van der Waals surface area contributed by atoms with E-state index < -0.39 is 0 Å². The van der Waals surface area contributed by atoms with E-state index >= 15 is 0 Å². The predicted octanol–water partition coefficient (Wildman–Crippen LogP) is 2.28. The molecule has 0 aliphatic rings. The van der Waals surface area contributed by atoms with Gasteiger partial charge in [-0.2, -0.15) is 10.1 Å². The summed E-state index contributed by atoms with van der Waals surface area (Å²) in [4.78, 5) is 20.4. The van der Waals surface area contributed by atoms with Crippen LogP contribution in [0.2, 0.25) is 0 Å². The van der Waals surface area contributed by atoms with Crippen molar-refractivity contribution < 1.29 is 9.32 Å². The molecule has 1 amide bonds. The van der Waals surface area contributed by atoms with Gasteiger partial charge in [0.05, 0.1) is 5.69 Å². The highest BCUT2D eigenvalue weighted by molar-refractivity contribution is 5.76. The summed E-state index contributed by atoms with van der Waals surface area (Å²) < 4.78 is 5.25. The second kappa shape index (κ2) is 7.25. The number of aryl methyl sites for hydroxylation is 2. The first kappa shape index (κ1) is 16.8. The third-order valence-corrected chi connectivity index (χ3v) is 4.07. The number of aromatic amines is 1. The molecule has 0 saturated heterocycles. The predicted molar refractivity (Wildman–Crippen MR) is 90.5 cm³/mol. The van der Waals surface area contributed by atoms with E-state index in [0.29, 0.717) is 24.6 Å². The zero-order valence-corrected chi connectivity index (χ0v) is 14.4. The Morgan fingerprint density at radius 3 is 2.76 bits per heavy atom. The molecule has 25 heavy (non-hydrogen) atoms. The Kier molecular flexibility index (Phi) is 4.87. The van der Waals surface area contributed by atoms with Crippen LogP contribution in [0.15, 0.2) is 29.0 Å². The highest BCUT2D eigenvalue weighted by atomic mass is 16.5. The molecule has 0 radical (unpaired) electrons. The lowest BCUT2D eigenvalue weighted by atomic mass is 10.1. The molecule has 3 heterocycles. The van der Waals surface area contributed by atoms with Crippen LogP contribution >= 0.6 is 0 Å². The van der Waals surface area contributed by atoms with E-state index in [4.69, 9.17) is 4.52 Å². The standard InChI is InChI=1S/C17H20N6O2/c1-10-11(2)21-22-14(10)4-5-15(24)19-12(3)17-20-16(23-25-17)13-6-8-18-9-7-13/h6-9,12H,4-5H2,1-3H3,(H,19,24)(H,21,22). The van der Waals surface area contributed by atoms with Crippen molar-refractivity contribution in [3.63, 3.8) is 0 Å². The third kappa shape index (κ3) is 3.90. The number of pyridine rings is 1. The minimum Gasteiger partial charge on any atom is -0.345 e. The second-order valence-electron chi connectivity index (χ2n) is 5.90. The molecular formula is C17H20N6O2. The number of carbonyl (C=O) groups is 1. The van der Waals surface area contributed by atoms with E-state index in [0.717, 1.165) is 22.5 Å². The van der Waals surface area contributed by atoms with Gasteiger partial charge in [0.2, 0.25) is 17.6 Å². The van der Waals surface area contributed by atoms with Gasteiger partial charge in [-0.25, -0.2) is 0 Å². The van der Waals surface area contributed by atoms with Gasteiger partial charge in [-0.3, -0.25) is 14.9 Å². The van der Waals surface area contributed by atoms with Crippen LogP contribution in [0, 0.1) is 13.8 Å². The minimum atomic E-state index is -0.363. The lowest BCUT2D eigenvalue weighted by molar-refractivity contribution is -0.121. The van der Waals surface area contributed by atoms with Crippen LogP contribution in [0.4, 0.5) is 0 Å². The Hall–Kier alpha value is -3.03. The van der Waals surface area contributed by atoms with Gasteiger partial charge < -0.3 is 9.84 Å². The summed E-state index contributed by atoms with van der Waals surface area (Å²) in [7, 11) is 0. The van der Waals surface area contributed by atoms with Crippen LogP contribution in [0.1, 0.15) is 42.2 Å². The average Bonchev–Trinajstić information content (AvgIpc) is 3.23. The number of amides is 1. The van der Waals surface area contributed by atoms with Gasteiger partial charge in [0.25, 0.3) is 0 Å². The first-order chi connectivity index (χ1) is 12.0. The lowest BCUT2D eigenvalue weighted by Crippen LogP contribution is -2.27. The highest BCUT2D eigenvalue weighted by Gasteiger charge is 2.18. The van der Waals surface area contributed by atoms with Crippen LogP contribution in [0.5, 0.6) is 0 Å². The molecule has 8 heteroatoms. The number of H-pyrrole nitrogens is 1. The van der Waals surface area contributed by atoms with Gasteiger partial charge in [-0.15, -0.1) is 0 Å². The minimum absolute atomic E-state index is 0.0868. The number of nitrogens with zero attached hydrogens (tertiary/aromatic N) is 4. The van der Waals surface area contributed by atoms with Gasteiger partial charge in [0.1, 0.15) is 6.04 Å². The molecule has 1 atom stereocenters. The largest absolute Gasteiger partial charge is 0.345 e. The molecular weight excluding hydrogens is 320 g/mol. The van der Waals surface area contributed by atoms with Crippen molar-refractivity contribution in [1.29, 1.82) is 0 Å². The van der Waals surface area contributed by atoms with E-state index in [9.17, 15) is 4.79 Å². The molecule has 0 fully saturated rings. The maximum absolute atomic E-state index is 12.1. The van der Waals surface area contributed by atoms with Crippen molar-refractivity contribution in [3.05, 3.63) is 47.4 Å². The van der Waals surface area contributed by atoms with Crippen LogP contribution < -0.4 is 5.32 Å². The molecule has 0 bridgehead atoms. The Morgan fingerprint density at radius 1 is 1.32 bits per heavy atom. The van der Waals surface area contributed by atoms with Crippen LogP contribution in [-0.2, 0) is 11.2 Å². The first-order valence-corrected chi connectivity index (χ1v) is 8.08. The van der Waals surface area contributed by atoms with Crippen LogP contribution in [0.3, 0.4) is 0 Å². The van der Waals surface area contributed by atoms with E-state index in [1.54, 1.807) is 24.5 Å². The van der Waals surface area contributed by atoms with Crippen molar-refractivity contribution in [1.82, 2.24) is 30.6 Å². The number of hydrogen-bond donors (Lipinski definition) is 2. The van der Waals surface area contributed by atoms with Crippen molar-refractivity contribution in [2.24, 2.45) is 0 Å². The van der Waals surface area contributed by atoms with Gasteiger partial charge in [0, 0.05) is 36.5 Å². The summed E-state index contributed by atoms with van der Waals surface area (Å²) in [5.74, 6) is 0.754. The summed E-state index contributed by atoms with van der Waals surface area (Å²) in [6.07, 6.45) is 4.26. The molecule has 0 spiro atoms. The van der Waals surface area contributed by atoms with E-state index in [1.807, 2.05) is 20.8 Å². The van der Waals surface area contributed by atoms with Crippen molar-refractivity contribution >= 4 is 5.91 Å². The molecule has 0 aliphatic carbocycles. The molecule has 0 aliphatic heterocycles. The van der Waals surface area contributed by atoms with Crippen molar-refractivity contribution in [3.8, 4) is 11.4 Å². The number of carbonyl (C=O) groups excluding carboxylic acids is 1. The Labute approximate surface area is 145 Å². The number of hydrogen-bond acceptors (Lipinski definition) is 6. The maximum Gasteiger partial charge on any atom is 0.249 e. The van der Waals surface area contributed by atoms with Gasteiger partial charge in [-0.1, -0.05) is 5.16 Å². The lowest BCUT2D eigenvalue weighted by Gasteiger charge is -2.09. The van der Waals surface area contributed by atoms with Crippen molar-refractivity contribution in [2.75, 3.05) is 0 Å². The fourth-order valence-electron chi connectivity index (χ4n) is 2.42. The topological polar surface area (TPSA) is 110 Å². The fraction of sp³-hybridized carbons (Fsp3) is 0.353. The molecule has 8 nitrogen and oxygen atoms in total. The molecule has 2 N–H and O–H groups in total.